The maximum absolute atomic E-state index is 7.78. The van der Waals surface area contributed by atoms with E-state index in [9.17, 15) is 0 Å². The van der Waals surface area contributed by atoms with Crippen molar-refractivity contribution in [2.75, 3.05) is 9.80 Å². The van der Waals surface area contributed by atoms with Gasteiger partial charge in [0.05, 0.1) is 50.2 Å². The third kappa shape index (κ3) is 8.70. The van der Waals surface area contributed by atoms with Gasteiger partial charge in [-0.25, -0.2) is 0 Å². The van der Waals surface area contributed by atoms with Crippen molar-refractivity contribution in [3.8, 4) is 84.6 Å². The average molecular weight is 1360 g/mol. The molecule has 106 heavy (non-hydrogen) atoms. The van der Waals surface area contributed by atoms with Crippen LogP contribution >= 0.6 is 0 Å². The number of para-hydroxylation sites is 10. The number of hydrogen-bond acceptors (Lipinski definition) is 4. The molecule has 18 aromatic rings. The molecule has 3 aromatic heterocycles. The molecular formula is C98H70BN5O2. The summed E-state index contributed by atoms with van der Waals surface area (Å²) in [7, 11) is 0. The van der Waals surface area contributed by atoms with E-state index in [4.69, 9.17) is 9.47 Å². The minimum absolute atomic E-state index is 0.298. The zero-order valence-electron chi connectivity index (χ0n) is 59.7. The Kier molecular flexibility index (Phi) is 12.7. The molecule has 0 fully saturated rings. The van der Waals surface area contributed by atoms with Gasteiger partial charge in [0.1, 0.15) is 23.0 Å². The van der Waals surface area contributed by atoms with Crippen LogP contribution in [0.5, 0.6) is 23.0 Å². The summed E-state index contributed by atoms with van der Waals surface area (Å²) < 4.78 is 22.9. The lowest BCUT2D eigenvalue weighted by Gasteiger charge is -2.47. The summed E-state index contributed by atoms with van der Waals surface area (Å²) in [5.41, 5.74) is 30.2. The highest BCUT2D eigenvalue weighted by Gasteiger charge is 2.48. The molecule has 0 unspecified atom stereocenters. The minimum atomic E-state index is -0.329. The van der Waals surface area contributed by atoms with Crippen molar-refractivity contribution in [1.82, 2.24) is 13.7 Å². The Morgan fingerprint density at radius 2 is 0.585 bits per heavy atom. The fourth-order valence-corrected chi connectivity index (χ4v) is 18.2. The first kappa shape index (κ1) is 60.5. The van der Waals surface area contributed by atoms with E-state index in [0.29, 0.717) is 0 Å². The highest BCUT2D eigenvalue weighted by atomic mass is 16.5. The van der Waals surface area contributed by atoms with Gasteiger partial charge in [-0.2, -0.15) is 0 Å². The molecule has 0 saturated heterocycles. The summed E-state index contributed by atoms with van der Waals surface area (Å²) in [5.74, 6) is 3.12. The van der Waals surface area contributed by atoms with Crippen LogP contribution in [-0.4, -0.2) is 20.4 Å². The van der Waals surface area contributed by atoms with Crippen LogP contribution in [0.25, 0.3) is 127 Å². The van der Waals surface area contributed by atoms with Gasteiger partial charge in [0.2, 0.25) is 0 Å². The Morgan fingerprint density at radius 1 is 0.245 bits per heavy atom. The van der Waals surface area contributed by atoms with Gasteiger partial charge in [0.25, 0.3) is 6.71 Å². The van der Waals surface area contributed by atoms with Gasteiger partial charge in [-0.05, 0) is 160 Å². The van der Waals surface area contributed by atoms with Crippen LogP contribution in [0.4, 0.5) is 34.1 Å². The van der Waals surface area contributed by atoms with Crippen molar-refractivity contribution >= 4 is 123 Å². The smallest absolute Gasteiger partial charge is 0.252 e. The first-order chi connectivity index (χ1) is 51.9. The van der Waals surface area contributed by atoms with Crippen LogP contribution in [0.15, 0.2) is 315 Å². The second-order valence-corrected chi connectivity index (χ2v) is 31.1. The summed E-state index contributed by atoms with van der Waals surface area (Å²) in [6, 6.07) is 118. The molecule has 4 aliphatic heterocycles. The summed E-state index contributed by atoms with van der Waals surface area (Å²) in [6.07, 6.45) is 0. The number of benzene rings is 15. The number of nitrogens with zero attached hydrogens (tertiary/aromatic N) is 5. The topological polar surface area (TPSA) is 39.7 Å². The lowest BCUT2D eigenvalue weighted by atomic mass is 9.32. The average Bonchev–Trinajstić information content (AvgIpc) is 0.814. The lowest BCUT2D eigenvalue weighted by molar-refractivity contribution is 0.486. The van der Waals surface area contributed by atoms with E-state index < -0.39 is 0 Å². The van der Waals surface area contributed by atoms with Crippen LogP contribution in [0, 0.1) is 0 Å². The number of anilines is 6. The van der Waals surface area contributed by atoms with Gasteiger partial charge >= 0.3 is 0 Å². The minimum Gasteiger partial charge on any atom is -0.456 e. The van der Waals surface area contributed by atoms with E-state index in [2.05, 4.69) is 380 Å². The third-order valence-corrected chi connectivity index (χ3v) is 23.1. The van der Waals surface area contributed by atoms with E-state index >= 15 is 0 Å². The quantitative estimate of drug-likeness (QED) is 0.165. The molecule has 502 valence electrons. The predicted octanol–water partition coefficient (Wildman–Crippen LogP) is 24.5. The summed E-state index contributed by atoms with van der Waals surface area (Å²) in [6.45, 7) is 13.9. The maximum atomic E-state index is 7.78. The van der Waals surface area contributed by atoms with Crippen LogP contribution in [0.3, 0.4) is 0 Å². The van der Waals surface area contributed by atoms with E-state index in [1.165, 1.54) is 38.3 Å². The van der Waals surface area contributed by atoms with Gasteiger partial charge in [-0.1, -0.05) is 236 Å². The molecule has 0 amide bonds. The first-order valence-electron chi connectivity index (χ1n) is 37.0. The fourth-order valence-electron chi connectivity index (χ4n) is 18.2. The molecule has 0 bridgehead atoms. The molecule has 0 radical (unpaired) electrons. The summed E-state index contributed by atoms with van der Waals surface area (Å²) in [5, 5.41) is 6.94. The van der Waals surface area contributed by atoms with Crippen molar-refractivity contribution in [2.24, 2.45) is 0 Å². The maximum Gasteiger partial charge on any atom is 0.252 e. The molecule has 0 saturated carbocycles. The van der Waals surface area contributed by atoms with Gasteiger partial charge in [0.15, 0.2) is 0 Å². The van der Waals surface area contributed by atoms with Gasteiger partial charge in [-0.3, -0.25) is 0 Å². The monoisotopic (exact) mass is 1360 g/mol. The molecule has 0 spiro atoms. The van der Waals surface area contributed by atoms with Crippen molar-refractivity contribution < 1.29 is 9.47 Å². The Balaban J connectivity index is 0.931. The summed E-state index contributed by atoms with van der Waals surface area (Å²) in [4.78, 5) is 5.37. The van der Waals surface area contributed by atoms with E-state index in [1.807, 2.05) is 0 Å². The Morgan fingerprint density at radius 3 is 0.991 bits per heavy atom. The molecule has 8 heteroatoms. The molecule has 7 nitrogen and oxygen atoms in total. The second-order valence-electron chi connectivity index (χ2n) is 31.1. The van der Waals surface area contributed by atoms with E-state index in [0.717, 1.165) is 173 Å². The molecule has 0 N–H and O–H groups in total. The SMILES string of the molecule is CC(C)(C)c1cc2c3c(c1)-c1ccccc1Oc1cc4c5ccccc5n(-c5ccccc5)c4cc1-c1ccccc1N3c1cc(-n3c4ccccc4c4ccccc43)cc3c1B2c1cc(C(C)(C)C)cc2c1N3c1ccccc1-c1cc3c(cc1Oc1ccccc1-2)c1ccccc1n3-c1ccccc1. The summed E-state index contributed by atoms with van der Waals surface area (Å²) >= 11 is 0. The zero-order valence-corrected chi connectivity index (χ0v) is 59.7. The van der Waals surface area contributed by atoms with Crippen molar-refractivity contribution in [3.63, 3.8) is 0 Å². The predicted molar refractivity (Wildman–Crippen MR) is 443 cm³/mol. The molecular weight excluding hydrogens is 1290 g/mol. The number of rotatable bonds is 3. The highest BCUT2D eigenvalue weighted by Crippen LogP contribution is 2.59. The van der Waals surface area contributed by atoms with Crippen molar-refractivity contribution in [3.05, 3.63) is 327 Å². The Bertz CT molecular complexity index is 6420. The third-order valence-electron chi connectivity index (χ3n) is 23.1. The van der Waals surface area contributed by atoms with Crippen LogP contribution in [-0.2, 0) is 10.8 Å². The zero-order chi connectivity index (χ0) is 70.6. The number of ether oxygens (including phenoxy) is 2. The molecule has 4 aliphatic rings. The van der Waals surface area contributed by atoms with Crippen LogP contribution in [0.2, 0.25) is 0 Å². The fraction of sp³-hybridized carbons (Fsp3) is 0.0816. The normalized spacial score (nSPS) is 13.3. The van der Waals surface area contributed by atoms with Crippen molar-refractivity contribution in [2.45, 2.75) is 52.4 Å². The van der Waals surface area contributed by atoms with Crippen LogP contribution < -0.4 is 35.7 Å². The van der Waals surface area contributed by atoms with E-state index in [1.54, 1.807) is 0 Å². The Hall–Kier alpha value is -13.0. The molecule has 22 rings (SSSR count). The largest absolute Gasteiger partial charge is 0.456 e. The first-order valence-corrected chi connectivity index (χ1v) is 37.0. The van der Waals surface area contributed by atoms with Crippen LogP contribution in [0.1, 0.15) is 52.7 Å². The lowest BCUT2D eigenvalue weighted by Crippen LogP contribution is -2.62. The van der Waals surface area contributed by atoms with Gasteiger partial charge in [0, 0.05) is 111 Å². The molecule has 0 atom stereocenters. The second kappa shape index (κ2) is 22.2. The number of aromatic nitrogens is 3. The van der Waals surface area contributed by atoms with Gasteiger partial charge < -0.3 is 33.0 Å². The standard InChI is InChI=1S/C98H70BN5O2/c1-97(2,3)59-49-76-70-39-19-27-47-90(70)105-92-57-72-66-35-15-23-43-82(66)100(61-29-9-7-10-30-61)86(72)55-74(92)68-37-17-25-45-84(68)103-88-53-63(102-80-41-21-13-33-64(80)65-34-14-22-42-81(65)102)54-89-94(88)99(78(51-59)95(76)103)79-52-60(98(4,5)6)50-77-71-40-20-28-48-91(71)106-93-58-73-67-36-16-24-44-83(67)101(62-31-11-8-12-32-62)87(73)56-75(93)69-38-18-26-46-85(69)104(89)96(77)79/h7-58H,1-6H3. The molecule has 7 heterocycles. The molecule has 0 aliphatic carbocycles. The highest BCUT2D eigenvalue weighted by molar-refractivity contribution is 7.00. The van der Waals surface area contributed by atoms with Crippen molar-refractivity contribution in [1.29, 1.82) is 0 Å². The van der Waals surface area contributed by atoms with Gasteiger partial charge in [-0.15, -0.1) is 0 Å². The molecule has 15 aromatic carbocycles. The number of fused-ring (bicyclic) bond motifs is 25. The Labute approximate surface area is 615 Å². The van der Waals surface area contributed by atoms with E-state index in [-0.39, 0.29) is 17.5 Å². The number of hydrogen-bond donors (Lipinski definition) is 0.